The Morgan fingerprint density at radius 3 is 2.79 bits per heavy atom. The topological polar surface area (TPSA) is 86.3 Å². The van der Waals surface area contributed by atoms with Crippen LogP contribution in [-0.2, 0) is 22.6 Å². The molecule has 24 heavy (non-hydrogen) atoms. The average molecular weight is 327 g/mol. The third-order valence-corrected chi connectivity index (χ3v) is 4.74. The van der Waals surface area contributed by atoms with Crippen LogP contribution in [0.4, 0.5) is 0 Å². The molecule has 1 aromatic heterocycles. The lowest BCUT2D eigenvalue weighted by molar-refractivity contribution is -0.144. The predicted molar refractivity (Wildman–Crippen MR) is 87.8 cm³/mol. The monoisotopic (exact) mass is 327 g/mol. The van der Waals surface area contributed by atoms with Gasteiger partial charge in [0.05, 0.1) is 12.6 Å². The highest BCUT2D eigenvalue weighted by molar-refractivity contribution is 5.81. The van der Waals surface area contributed by atoms with Gasteiger partial charge < -0.3 is 19.9 Å². The maximum Gasteiger partial charge on any atom is 0.252 e. The largest absolute Gasteiger partial charge is 0.364 e. The molecule has 2 aromatic rings. The molecule has 1 amide bonds. The first-order valence-corrected chi connectivity index (χ1v) is 8.38. The molecule has 0 spiro atoms. The molecule has 7 heteroatoms. The molecular weight excluding hydrogens is 306 g/mol. The molecule has 2 N–H and O–H groups in total. The van der Waals surface area contributed by atoms with Crippen molar-refractivity contribution in [3.05, 3.63) is 36.2 Å². The van der Waals surface area contributed by atoms with Crippen molar-refractivity contribution in [2.45, 2.75) is 38.1 Å². The summed E-state index contributed by atoms with van der Waals surface area (Å²) >= 11 is 0. The first-order chi connectivity index (χ1) is 11.8. The van der Waals surface area contributed by atoms with Crippen LogP contribution in [0, 0.1) is 0 Å². The van der Waals surface area contributed by atoms with Crippen LogP contribution < -0.4 is 5.73 Å². The van der Waals surface area contributed by atoms with Crippen LogP contribution in [0.1, 0.15) is 18.7 Å². The number of carbonyl (C=O) groups excluding carboxylic acids is 1. The maximum absolute atomic E-state index is 12.7. The molecular formula is C17H21N5O2. The van der Waals surface area contributed by atoms with Crippen molar-refractivity contribution in [1.82, 2.24) is 19.7 Å². The minimum absolute atomic E-state index is 0.0112. The van der Waals surface area contributed by atoms with Crippen LogP contribution in [0.15, 0.2) is 30.3 Å². The summed E-state index contributed by atoms with van der Waals surface area (Å²) in [6.45, 7) is 2.30. The fourth-order valence-electron chi connectivity index (χ4n) is 3.41. The van der Waals surface area contributed by atoms with Gasteiger partial charge in [-0.15, -0.1) is 10.2 Å². The van der Waals surface area contributed by atoms with E-state index in [1.807, 2.05) is 35.2 Å². The molecule has 0 bridgehead atoms. The summed E-state index contributed by atoms with van der Waals surface area (Å²) < 4.78 is 7.82. The highest BCUT2D eigenvalue weighted by Gasteiger charge is 2.35. The number of ether oxygens (including phenoxy) is 1. The van der Waals surface area contributed by atoms with Gasteiger partial charge in [-0.05, 0) is 12.8 Å². The van der Waals surface area contributed by atoms with Crippen LogP contribution in [-0.4, -0.2) is 50.9 Å². The molecule has 0 aliphatic carbocycles. The highest BCUT2D eigenvalue weighted by atomic mass is 16.5. The van der Waals surface area contributed by atoms with Crippen molar-refractivity contribution in [2.24, 2.45) is 5.73 Å². The number of nitrogens with zero attached hydrogens (tertiary/aromatic N) is 4. The lowest BCUT2D eigenvalue weighted by atomic mass is 10.1. The van der Waals surface area contributed by atoms with Gasteiger partial charge in [0.1, 0.15) is 6.10 Å². The van der Waals surface area contributed by atoms with Crippen molar-refractivity contribution >= 4 is 5.91 Å². The van der Waals surface area contributed by atoms with Gasteiger partial charge in [0.15, 0.2) is 11.6 Å². The van der Waals surface area contributed by atoms with E-state index in [1.54, 1.807) is 0 Å². The Balaban J connectivity index is 1.49. The van der Waals surface area contributed by atoms with Gasteiger partial charge in [-0.2, -0.15) is 0 Å². The van der Waals surface area contributed by atoms with Crippen molar-refractivity contribution in [1.29, 1.82) is 0 Å². The number of carbonyl (C=O) groups is 1. The van der Waals surface area contributed by atoms with E-state index >= 15 is 0 Å². The second kappa shape index (κ2) is 6.33. The van der Waals surface area contributed by atoms with Crippen LogP contribution >= 0.6 is 0 Å². The minimum Gasteiger partial charge on any atom is -0.364 e. The number of rotatable bonds is 3. The summed E-state index contributed by atoms with van der Waals surface area (Å²) in [7, 11) is 0. The predicted octanol–water partition coefficient (Wildman–Crippen LogP) is 0.794. The van der Waals surface area contributed by atoms with Gasteiger partial charge in [0, 0.05) is 25.2 Å². The first kappa shape index (κ1) is 15.3. The zero-order valence-electron chi connectivity index (χ0n) is 13.5. The summed E-state index contributed by atoms with van der Waals surface area (Å²) in [6.07, 6.45) is 1.26. The summed E-state index contributed by atoms with van der Waals surface area (Å²) in [5.41, 5.74) is 6.67. The van der Waals surface area contributed by atoms with E-state index in [1.165, 1.54) is 0 Å². The zero-order chi connectivity index (χ0) is 16.5. The summed E-state index contributed by atoms with van der Waals surface area (Å²) in [5.74, 6) is 1.72. The van der Waals surface area contributed by atoms with Crippen LogP contribution in [0.25, 0.3) is 11.4 Å². The van der Waals surface area contributed by atoms with Crippen molar-refractivity contribution in [3.8, 4) is 11.4 Å². The number of aromatic nitrogens is 3. The van der Waals surface area contributed by atoms with Crippen molar-refractivity contribution in [3.63, 3.8) is 0 Å². The number of amides is 1. The third-order valence-electron chi connectivity index (χ3n) is 4.74. The van der Waals surface area contributed by atoms with Gasteiger partial charge in [-0.1, -0.05) is 30.3 Å². The third kappa shape index (κ3) is 2.70. The molecule has 126 valence electrons. The van der Waals surface area contributed by atoms with E-state index in [9.17, 15) is 4.79 Å². The van der Waals surface area contributed by atoms with Gasteiger partial charge >= 0.3 is 0 Å². The molecule has 3 heterocycles. The van der Waals surface area contributed by atoms with E-state index in [-0.39, 0.29) is 18.1 Å². The Bertz CT molecular complexity index is 730. The Morgan fingerprint density at radius 1 is 1.21 bits per heavy atom. The SMILES string of the molecule is NC[C@H]1CC[C@@H](C(=O)N2CCn3c(nnc3-c3ccccc3)C2)O1. The number of fused-ring (bicyclic) bond motifs is 1. The molecule has 0 unspecified atom stereocenters. The number of nitrogens with two attached hydrogens (primary N) is 1. The van der Waals surface area contributed by atoms with Crippen LogP contribution in [0.3, 0.4) is 0 Å². The second-order valence-electron chi connectivity index (χ2n) is 6.28. The summed E-state index contributed by atoms with van der Waals surface area (Å²) in [5, 5.41) is 8.59. The van der Waals surface area contributed by atoms with Crippen molar-refractivity contribution < 1.29 is 9.53 Å². The highest BCUT2D eigenvalue weighted by Crippen LogP contribution is 2.25. The Kier molecular flexibility index (Phi) is 4.03. The first-order valence-electron chi connectivity index (χ1n) is 8.38. The van der Waals surface area contributed by atoms with E-state index in [0.717, 1.165) is 30.1 Å². The Morgan fingerprint density at radius 2 is 2.04 bits per heavy atom. The van der Waals surface area contributed by atoms with Gasteiger partial charge in [0.25, 0.3) is 5.91 Å². The molecule has 4 rings (SSSR count). The molecule has 7 nitrogen and oxygen atoms in total. The lowest BCUT2D eigenvalue weighted by Gasteiger charge is -2.29. The standard InChI is InChI=1S/C17H21N5O2/c18-10-13-6-7-14(24-13)17(23)21-8-9-22-15(11-21)19-20-16(22)12-4-2-1-3-5-12/h1-5,13-14H,6-11,18H2/t13-,14+/m1/s1. The Hall–Kier alpha value is -2.25. The molecule has 1 saturated heterocycles. The number of benzene rings is 1. The smallest absolute Gasteiger partial charge is 0.252 e. The summed E-state index contributed by atoms with van der Waals surface area (Å²) in [6, 6.07) is 10.00. The fourth-order valence-corrected chi connectivity index (χ4v) is 3.41. The van der Waals surface area contributed by atoms with Gasteiger partial charge in [-0.3, -0.25) is 4.79 Å². The van der Waals surface area contributed by atoms with E-state index in [0.29, 0.717) is 26.2 Å². The molecule has 2 atom stereocenters. The van der Waals surface area contributed by atoms with Gasteiger partial charge in [0.2, 0.25) is 0 Å². The van der Waals surface area contributed by atoms with Crippen LogP contribution in [0.2, 0.25) is 0 Å². The molecule has 2 aliphatic rings. The quantitative estimate of drug-likeness (QED) is 0.901. The van der Waals surface area contributed by atoms with Crippen molar-refractivity contribution in [2.75, 3.05) is 13.1 Å². The minimum atomic E-state index is -0.360. The summed E-state index contributed by atoms with van der Waals surface area (Å²) in [4.78, 5) is 14.5. The van der Waals surface area contributed by atoms with E-state index in [2.05, 4.69) is 14.8 Å². The lowest BCUT2D eigenvalue weighted by Crippen LogP contribution is -2.44. The zero-order valence-corrected chi connectivity index (χ0v) is 13.5. The van der Waals surface area contributed by atoms with E-state index in [4.69, 9.17) is 10.5 Å². The number of hydrogen-bond donors (Lipinski definition) is 1. The maximum atomic E-state index is 12.7. The number of hydrogen-bond acceptors (Lipinski definition) is 5. The van der Waals surface area contributed by atoms with Crippen LogP contribution in [0.5, 0.6) is 0 Å². The molecule has 1 aromatic carbocycles. The normalized spacial score (nSPS) is 23.3. The molecule has 2 aliphatic heterocycles. The van der Waals surface area contributed by atoms with E-state index < -0.39 is 0 Å². The molecule has 0 saturated carbocycles. The second-order valence-corrected chi connectivity index (χ2v) is 6.28. The molecule has 0 radical (unpaired) electrons. The average Bonchev–Trinajstić information content (AvgIpc) is 3.28. The molecule has 1 fully saturated rings. The fraction of sp³-hybridized carbons (Fsp3) is 0.471. The Labute approximate surface area is 140 Å². The van der Waals surface area contributed by atoms with Gasteiger partial charge in [-0.25, -0.2) is 0 Å².